The summed E-state index contributed by atoms with van der Waals surface area (Å²) in [6, 6.07) is 8.70. The first-order chi connectivity index (χ1) is 9.60. The van der Waals surface area contributed by atoms with E-state index in [1.807, 2.05) is 19.2 Å². The molecule has 5 heteroatoms. The zero-order valence-corrected chi connectivity index (χ0v) is 11.7. The lowest BCUT2D eigenvalue weighted by Crippen LogP contribution is -2.08. The summed E-state index contributed by atoms with van der Waals surface area (Å²) in [5, 5.41) is 3.48. The molecule has 0 aliphatic carbocycles. The summed E-state index contributed by atoms with van der Waals surface area (Å²) in [6.07, 6.45) is 0. The molecule has 0 unspecified atom stereocenters. The van der Waals surface area contributed by atoms with Crippen LogP contribution >= 0.6 is 11.6 Å². The summed E-state index contributed by atoms with van der Waals surface area (Å²) in [7, 11) is 1.81. The fraction of sp³-hybridized carbons (Fsp3) is 0.200. The van der Waals surface area contributed by atoms with E-state index in [4.69, 9.17) is 16.3 Å². The van der Waals surface area contributed by atoms with E-state index in [9.17, 15) is 8.78 Å². The number of ether oxygens (including phenoxy) is 1. The molecule has 2 aromatic rings. The molecule has 0 atom stereocenters. The Morgan fingerprint density at radius 1 is 1.15 bits per heavy atom. The van der Waals surface area contributed by atoms with Gasteiger partial charge in [-0.05, 0) is 30.8 Å². The Morgan fingerprint density at radius 3 is 2.50 bits per heavy atom. The van der Waals surface area contributed by atoms with E-state index in [1.54, 1.807) is 6.07 Å². The predicted molar refractivity (Wildman–Crippen MR) is 74.9 cm³/mol. The first kappa shape index (κ1) is 14.8. The molecular formula is C15H14ClF2NO. The predicted octanol–water partition coefficient (Wildman–Crippen LogP) is 3.92. The van der Waals surface area contributed by atoms with Crippen LogP contribution in [0.3, 0.4) is 0 Å². The van der Waals surface area contributed by atoms with Gasteiger partial charge in [-0.15, -0.1) is 0 Å². The molecule has 0 spiro atoms. The molecule has 1 N–H and O–H groups in total. The molecule has 0 aromatic heterocycles. The first-order valence-corrected chi connectivity index (χ1v) is 6.47. The van der Waals surface area contributed by atoms with Crippen molar-refractivity contribution in [2.75, 3.05) is 7.05 Å². The maximum absolute atomic E-state index is 13.1. The number of hydrogen-bond acceptors (Lipinski definition) is 2. The van der Waals surface area contributed by atoms with Gasteiger partial charge in [-0.25, -0.2) is 8.78 Å². The Kier molecular flexibility index (Phi) is 4.93. The summed E-state index contributed by atoms with van der Waals surface area (Å²) >= 11 is 6.09. The Hall–Kier alpha value is -1.65. The van der Waals surface area contributed by atoms with Crippen molar-refractivity contribution in [3.05, 3.63) is 64.2 Å². The number of para-hydroxylation sites is 1. The lowest BCUT2D eigenvalue weighted by molar-refractivity contribution is 0.301. The Labute approximate surface area is 121 Å². The summed E-state index contributed by atoms with van der Waals surface area (Å²) in [5.74, 6) is -0.732. The lowest BCUT2D eigenvalue weighted by Gasteiger charge is -2.13. The van der Waals surface area contributed by atoms with Gasteiger partial charge in [0.05, 0.1) is 5.02 Å². The number of rotatable bonds is 5. The van der Waals surface area contributed by atoms with Gasteiger partial charge in [0.2, 0.25) is 0 Å². The zero-order chi connectivity index (χ0) is 14.5. The third-order valence-corrected chi connectivity index (χ3v) is 3.02. The topological polar surface area (TPSA) is 21.3 Å². The van der Waals surface area contributed by atoms with Crippen LogP contribution < -0.4 is 10.1 Å². The van der Waals surface area contributed by atoms with Crippen LogP contribution in [0.25, 0.3) is 0 Å². The number of hydrogen-bond donors (Lipinski definition) is 1. The summed E-state index contributed by atoms with van der Waals surface area (Å²) < 4.78 is 31.8. The third kappa shape index (κ3) is 3.68. The monoisotopic (exact) mass is 297 g/mol. The van der Waals surface area contributed by atoms with Gasteiger partial charge in [0.1, 0.15) is 24.0 Å². The molecule has 2 rings (SSSR count). The van der Waals surface area contributed by atoms with Crippen LogP contribution in [0.15, 0.2) is 36.4 Å². The molecule has 0 aliphatic rings. The molecule has 20 heavy (non-hydrogen) atoms. The highest BCUT2D eigenvalue weighted by Gasteiger charge is 2.09. The average molecular weight is 298 g/mol. The first-order valence-electron chi connectivity index (χ1n) is 6.10. The van der Waals surface area contributed by atoms with Gasteiger partial charge in [0, 0.05) is 18.2 Å². The van der Waals surface area contributed by atoms with E-state index < -0.39 is 11.6 Å². The van der Waals surface area contributed by atoms with Gasteiger partial charge in [0.25, 0.3) is 0 Å². The quantitative estimate of drug-likeness (QED) is 0.903. The Morgan fingerprint density at radius 2 is 1.85 bits per heavy atom. The highest BCUT2D eigenvalue weighted by molar-refractivity contribution is 6.32. The van der Waals surface area contributed by atoms with Crippen molar-refractivity contribution >= 4 is 11.6 Å². The second-order valence-corrected chi connectivity index (χ2v) is 4.73. The molecule has 106 valence electrons. The Bertz CT molecular complexity index is 584. The SMILES string of the molecule is CNCc1cccc(Cl)c1OCc1cc(F)cc(F)c1. The number of nitrogens with one attached hydrogen (secondary N) is 1. The van der Waals surface area contributed by atoms with Crippen LogP contribution in [0.5, 0.6) is 5.75 Å². The molecular weight excluding hydrogens is 284 g/mol. The number of halogens is 3. The van der Waals surface area contributed by atoms with Gasteiger partial charge in [-0.1, -0.05) is 23.7 Å². The van der Waals surface area contributed by atoms with Crippen LogP contribution in [0.2, 0.25) is 5.02 Å². The highest BCUT2D eigenvalue weighted by atomic mass is 35.5. The molecule has 2 aromatic carbocycles. The van der Waals surface area contributed by atoms with E-state index in [2.05, 4.69) is 5.32 Å². The summed E-state index contributed by atoms with van der Waals surface area (Å²) in [6.45, 7) is 0.641. The third-order valence-electron chi connectivity index (χ3n) is 2.72. The Balaban J connectivity index is 2.18. The number of benzene rings is 2. The van der Waals surface area contributed by atoms with Crippen molar-refractivity contribution in [1.82, 2.24) is 5.32 Å². The molecule has 0 fully saturated rings. The molecule has 0 heterocycles. The van der Waals surface area contributed by atoms with E-state index in [1.165, 1.54) is 12.1 Å². The summed E-state index contributed by atoms with van der Waals surface area (Å²) in [4.78, 5) is 0. The minimum absolute atomic E-state index is 0.0507. The molecule has 2 nitrogen and oxygen atoms in total. The van der Waals surface area contributed by atoms with Crippen molar-refractivity contribution in [2.24, 2.45) is 0 Å². The lowest BCUT2D eigenvalue weighted by atomic mass is 10.2. The van der Waals surface area contributed by atoms with Gasteiger partial charge in [-0.3, -0.25) is 0 Å². The smallest absolute Gasteiger partial charge is 0.142 e. The van der Waals surface area contributed by atoms with Gasteiger partial charge >= 0.3 is 0 Å². The van der Waals surface area contributed by atoms with E-state index >= 15 is 0 Å². The fourth-order valence-electron chi connectivity index (χ4n) is 1.89. The minimum atomic E-state index is -0.627. The van der Waals surface area contributed by atoms with E-state index in [0.717, 1.165) is 11.6 Å². The van der Waals surface area contributed by atoms with Crippen molar-refractivity contribution in [1.29, 1.82) is 0 Å². The van der Waals surface area contributed by atoms with Crippen LogP contribution in [0, 0.1) is 11.6 Å². The maximum atomic E-state index is 13.1. The van der Waals surface area contributed by atoms with E-state index in [-0.39, 0.29) is 6.61 Å². The van der Waals surface area contributed by atoms with Crippen LogP contribution in [0.4, 0.5) is 8.78 Å². The van der Waals surface area contributed by atoms with Crippen molar-refractivity contribution in [3.63, 3.8) is 0 Å². The average Bonchev–Trinajstić information content (AvgIpc) is 2.37. The molecule has 0 saturated carbocycles. The highest BCUT2D eigenvalue weighted by Crippen LogP contribution is 2.29. The van der Waals surface area contributed by atoms with Crippen LogP contribution in [0.1, 0.15) is 11.1 Å². The molecule has 0 amide bonds. The van der Waals surface area contributed by atoms with Crippen LogP contribution in [-0.2, 0) is 13.2 Å². The molecule has 0 bridgehead atoms. The molecule has 0 radical (unpaired) electrons. The maximum Gasteiger partial charge on any atom is 0.142 e. The van der Waals surface area contributed by atoms with Crippen molar-refractivity contribution < 1.29 is 13.5 Å². The standard InChI is InChI=1S/C15H14ClF2NO/c1-19-8-11-3-2-4-14(16)15(11)20-9-10-5-12(17)7-13(18)6-10/h2-7,19H,8-9H2,1H3. The van der Waals surface area contributed by atoms with Gasteiger partial charge < -0.3 is 10.1 Å². The van der Waals surface area contributed by atoms with Crippen molar-refractivity contribution in [2.45, 2.75) is 13.2 Å². The summed E-state index contributed by atoms with van der Waals surface area (Å²) in [5.41, 5.74) is 1.30. The zero-order valence-electron chi connectivity index (χ0n) is 10.9. The normalized spacial score (nSPS) is 10.6. The van der Waals surface area contributed by atoms with Crippen molar-refractivity contribution in [3.8, 4) is 5.75 Å². The second kappa shape index (κ2) is 6.68. The fourth-order valence-corrected chi connectivity index (χ4v) is 2.14. The van der Waals surface area contributed by atoms with Gasteiger partial charge in [-0.2, -0.15) is 0 Å². The molecule has 0 aliphatic heterocycles. The minimum Gasteiger partial charge on any atom is -0.487 e. The van der Waals surface area contributed by atoms with Crippen LogP contribution in [-0.4, -0.2) is 7.05 Å². The van der Waals surface area contributed by atoms with Gasteiger partial charge in [0.15, 0.2) is 0 Å². The second-order valence-electron chi connectivity index (χ2n) is 4.32. The van der Waals surface area contributed by atoms with E-state index in [0.29, 0.717) is 22.9 Å². The largest absolute Gasteiger partial charge is 0.487 e. The molecule has 0 saturated heterocycles.